The Morgan fingerprint density at radius 1 is 1.55 bits per heavy atom. The van der Waals surface area contributed by atoms with Crippen LogP contribution in [0, 0.1) is 10.1 Å². The molecule has 0 fully saturated rings. The molecule has 0 saturated carbocycles. The molecule has 1 aromatic heterocycles. The minimum atomic E-state index is -0.657. The summed E-state index contributed by atoms with van der Waals surface area (Å²) in [6.45, 7) is 4.23. The Balaban J connectivity index is 2.93. The van der Waals surface area contributed by atoms with E-state index in [4.69, 9.17) is 11.6 Å². The van der Waals surface area contributed by atoms with Gasteiger partial charge in [-0.05, 0) is 34.0 Å². The van der Waals surface area contributed by atoms with Gasteiger partial charge in [0.05, 0.1) is 4.92 Å². The largest absolute Gasteiger partial charge is 0.350 e. The molecule has 0 saturated heterocycles. The van der Waals surface area contributed by atoms with Gasteiger partial charge in [0.2, 0.25) is 0 Å². The van der Waals surface area contributed by atoms with Gasteiger partial charge < -0.3 is 10.2 Å². The Bertz CT molecular complexity index is 531. The third-order valence-electron chi connectivity index (χ3n) is 3.18. The number of hydrogen-bond acceptors (Lipinski definition) is 5. The van der Waals surface area contributed by atoms with E-state index >= 15 is 0 Å². The van der Waals surface area contributed by atoms with Gasteiger partial charge in [0.15, 0.2) is 0 Å². The van der Waals surface area contributed by atoms with Gasteiger partial charge >= 0.3 is 0 Å². The zero-order chi connectivity index (χ0) is 15.5. The van der Waals surface area contributed by atoms with E-state index in [1.807, 2.05) is 32.8 Å². The van der Waals surface area contributed by atoms with Gasteiger partial charge in [0, 0.05) is 12.1 Å². The molecule has 1 aromatic rings. The summed E-state index contributed by atoms with van der Waals surface area (Å²) < 4.78 is 0. The average molecular weight is 301 g/mol. The van der Waals surface area contributed by atoms with E-state index in [-0.39, 0.29) is 21.9 Å². The summed E-state index contributed by atoms with van der Waals surface area (Å²) in [4.78, 5) is 27.9. The molecule has 0 aliphatic carbocycles. The number of likely N-dealkylation sites (N-methyl/N-ethyl adjacent to an activating group) is 1. The van der Waals surface area contributed by atoms with Crippen molar-refractivity contribution in [2.45, 2.75) is 19.4 Å². The number of aromatic nitrogens is 1. The number of rotatable bonds is 5. The first kappa shape index (κ1) is 16.3. The number of hydrogen-bond donors (Lipinski definition) is 1. The van der Waals surface area contributed by atoms with Crippen LogP contribution < -0.4 is 5.32 Å². The van der Waals surface area contributed by atoms with Crippen LogP contribution in [-0.2, 0) is 0 Å². The molecule has 1 rings (SSSR count). The first-order chi connectivity index (χ1) is 9.15. The predicted octanol–water partition coefficient (Wildman–Crippen LogP) is 1.71. The second kappa shape index (κ2) is 6.15. The number of amides is 1. The standard InChI is InChI=1S/C12H17ClN4O3/c1-12(2,16(3)4)7-15-11(18)8-5-10(13)14-6-9(8)17(19)20/h5-6H,7H2,1-4H3,(H,15,18). The van der Waals surface area contributed by atoms with Crippen molar-refractivity contribution in [3.05, 3.63) is 33.1 Å². The smallest absolute Gasteiger partial charge is 0.300 e. The van der Waals surface area contributed by atoms with Gasteiger partial charge in [-0.3, -0.25) is 14.9 Å². The van der Waals surface area contributed by atoms with E-state index in [0.717, 1.165) is 6.20 Å². The zero-order valence-corrected chi connectivity index (χ0v) is 12.6. The first-order valence-electron chi connectivity index (χ1n) is 5.90. The molecule has 1 amide bonds. The molecule has 0 bridgehead atoms. The minimum absolute atomic E-state index is 0.0348. The molecule has 0 unspecified atom stereocenters. The van der Waals surface area contributed by atoms with Crippen LogP contribution in [0.1, 0.15) is 24.2 Å². The molecule has 8 heteroatoms. The molecular formula is C12H17ClN4O3. The lowest BCUT2D eigenvalue weighted by atomic mass is 10.0. The summed E-state index contributed by atoms with van der Waals surface area (Å²) in [6, 6.07) is 1.19. The molecule has 0 atom stereocenters. The summed E-state index contributed by atoms with van der Waals surface area (Å²) in [7, 11) is 3.77. The molecule has 0 aromatic carbocycles. The number of nitrogens with one attached hydrogen (secondary N) is 1. The fourth-order valence-electron chi connectivity index (χ4n) is 1.30. The molecule has 20 heavy (non-hydrogen) atoms. The number of pyridine rings is 1. The maximum Gasteiger partial charge on any atom is 0.300 e. The van der Waals surface area contributed by atoms with Crippen molar-refractivity contribution < 1.29 is 9.72 Å². The van der Waals surface area contributed by atoms with Gasteiger partial charge in [-0.2, -0.15) is 0 Å². The van der Waals surface area contributed by atoms with Crippen LogP contribution in [0.15, 0.2) is 12.3 Å². The molecule has 7 nitrogen and oxygen atoms in total. The van der Waals surface area contributed by atoms with E-state index in [1.54, 1.807) is 0 Å². The van der Waals surface area contributed by atoms with Crippen LogP contribution in [0.4, 0.5) is 5.69 Å². The fraction of sp³-hybridized carbons (Fsp3) is 0.500. The van der Waals surface area contributed by atoms with Crippen molar-refractivity contribution >= 4 is 23.2 Å². The lowest BCUT2D eigenvalue weighted by Crippen LogP contribution is -2.48. The van der Waals surface area contributed by atoms with Crippen LogP contribution in [-0.4, -0.2) is 46.9 Å². The summed E-state index contributed by atoms with van der Waals surface area (Å²) in [5.74, 6) is -0.545. The molecule has 0 spiro atoms. The number of nitrogens with zero attached hydrogens (tertiary/aromatic N) is 3. The van der Waals surface area contributed by atoms with Crippen molar-refractivity contribution in [1.82, 2.24) is 15.2 Å². The van der Waals surface area contributed by atoms with Gasteiger partial charge in [-0.1, -0.05) is 11.6 Å². The quantitative estimate of drug-likeness (QED) is 0.508. The van der Waals surface area contributed by atoms with Gasteiger partial charge in [-0.25, -0.2) is 4.98 Å². The number of carbonyl (C=O) groups is 1. The van der Waals surface area contributed by atoms with E-state index in [0.29, 0.717) is 6.54 Å². The molecule has 0 aliphatic rings. The minimum Gasteiger partial charge on any atom is -0.350 e. The Morgan fingerprint density at radius 2 is 2.15 bits per heavy atom. The average Bonchev–Trinajstić information content (AvgIpc) is 2.35. The maximum atomic E-state index is 12.1. The lowest BCUT2D eigenvalue weighted by Gasteiger charge is -2.32. The van der Waals surface area contributed by atoms with Crippen molar-refractivity contribution in [2.75, 3.05) is 20.6 Å². The van der Waals surface area contributed by atoms with E-state index < -0.39 is 10.8 Å². The van der Waals surface area contributed by atoms with Crippen LogP contribution >= 0.6 is 11.6 Å². The third kappa shape index (κ3) is 3.88. The van der Waals surface area contributed by atoms with E-state index in [2.05, 4.69) is 10.3 Å². The van der Waals surface area contributed by atoms with Gasteiger partial charge in [-0.15, -0.1) is 0 Å². The van der Waals surface area contributed by atoms with Crippen molar-refractivity contribution in [1.29, 1.82) is 0 Å². The van der Waals surface area contributed by atoms with Crippen LogP contribution in [0.5, 0.6) is 0 Å². The second-order valence-electron chi connectivity index (χ2n) is 5.17. The molecule has 1 heterocycles. The fourth-order valence-corrected chi connectivity index (χ4v) is 1.46. The van der Waals surface area contributed by atoms with Gasteiger partial charge in [0.25, 0.3) is 11.6 Å². The molecule has 0 radical (unpaired) electrons. The SMILES string of the molecule is CN(C)C(C)(C)CNC(=O)c1cc(Cl)ncc1[N+](=O)[O-]. The summed E-state index contributed by atoms with van der Waals surface area (Å²) in [6.07, 6.45) is 0.980. The third-order valence-corrected chi connectivity index (χ3v) is 3.39. The number of halogens is 1. The Hall–Kier alpha value is -1.73. The topological polar surface area (TPSA) is 88.4 Å². The van der Waals surface area contributed by atoms with Crippen molar-refractivity contribution in [3.8, 4) is 0 Å². The highest BCUT2D eigenvalue weighted by Crippen LogP contribution is 2.20. The number of carbonyl (C=O) groups excluding carboxylic acids is 1. The Morgan fingerprint density at radius 3 is 2.65 bits per heavy atom. The van der Waals surface area contributed by atoms with Crippen LogP contribution in [0.3, 0.4) is 0 Å². The molecule has 0 aliphatic heterocycles. The van der Waals surface area contributed by atoms with Crippen molar-refractivity contribution in [2.24, 2.45) is 0 Å². The molecular weight excluding hydrogens is 284 g/mol. The van der Waals surface area contributed by atoms with Crippen molar-refractivity contribution in [3.63, 3.8) is 0 Å². The first-order valence-corrected chi connectivity index (χ1v) is 6.28. The molecule has 1 N–H and O–H groups in total. The second-order valence-corrected chi connectivity index (χ2v) is 5.56. The van der Waals surface area contributed by atoms with Gasteiger partial charge in [0.1, 0.15) is 16.9 Å². The monoisotopic (exact) mass is 300 g/mol. The van der Waals surface area contributed by atoms with E-state index in [9.17, 15) is 14.9 Å². The summed E-state index contributed by atoms with van der Waals surface area (Å²) >= 11 is 5.68. The van der Waals surface area contributed by atoms with E-state index in [1.165, 1.54) is 6.07 Å². The predicted molar refractivity (Wildman–Crippen MR) is 76.0 cm³/mol. The lowest BCUT2D eigenvalue weighted by molar-refractivity contribution is -0.385. The Labute approximate surface area is 122 Å². The molecule has 110 valence electrons. The van der Waals surface area contributed by atoms with Crippen LogP contribution in [0.25, 0.3) is 0 Å². The highest BCUT2D eigenvalue weighted by atomic mass is 35.5. The normalized spacial score (nSPS) is 11.5. The zero-order valence-electron chi connectivity index (χ0n) is 11.8. The summed E-state index contributed by atoms with van der Waals surface area (Å²) in [5, 5.41) is 13.6. The van der Waals surface area contributed by atoms with Crippen LogP contribution in [0.2, 0.25) is 5.15 Å². The highest BCUT2D eigenvalue weighted by Gasteiger charge is 2.25. The summed E-state index contributed by atoms with van der Waals surface area (Å²) in [5.41, 5.74) is -0.736. The maximum absolute atomic E-state index is 12.1. The number of nitro groups is 1. The Kier molecular flexibility index (Phi) is 5.02. The highest BCUT2D eigenvalue weighted by molar-refractivity contribution is 6.29.